The summed E-state index contributed by atoms with van der Waals surface area (Å²) >= 11 is 0. The van der Waals surface area contributed by atoms with Crippen molar-refractivity contribution in [3.8, 4) is 11.5 Å². The summed E-state index contributed by atoms with van der Waals surface area (Å²) < 4.78 is 16.1. The fraction of sp³-hybridized carbons (Fsp3) is 0.529. The summed E-state index contributed by atoms with van der Waals surface area (Å²) in [5.41, 5.74) is 0.391. The van der Waals surface area contributed by atoms with Crippen molar-refractivity contribution in [2.24, 2.45) is 5.92 Å². The number of methoxy groups -OCH3 is 1. The largest absolute Gasteiger partial charge is 0.497 e. The molecular formula is C17H23NO6. The molecule has 1 saturated heterocycles. The highest BCUT2D eigenvalue weighted by Gasteiger charge is 2.30. The maximum Gasteiger partial charge on any atom is 0.334 e. The molecule has 1 aromatic carbocycles. The molecule has 1 atom stereocenters. The van der Waals surface area contributed by atoms with Gasteiger partial charge in [-0.2, -0.15) is 0 Å². The summed E-state index contributed by atoms with van der Waals surface area (Å²) in [6.07, 6.45) is -0.999. The first-order chi connectivity index (χ1) is 11.4. The summed E-state index contributed by atoms with van der Waals surface area (Å²) in [4.78, 5) is 25.4. The lowest BCUT2D eigenvalue weighted by Gasteiger charge is -2.31. The average molecular weight is 337 g/mol. The highest BCUT2D eigenvalue weighted by molar-refractivity contribution is 5.97. The van der Waals surface area contributed by atoms with Crippen LogP contribution in [0.15, 0.2) is 18.2 Å². The van der Waals surface area contributed by atoms with Crippen molar-refractivity contribution in [2.45, 2.75) is 20.0 Å². The minimum Gasteiger partial charge on any atom is -0.497 e. The second-order valence-electron chi connectivity index (χ2n) is 6.02. The smallest absolute Gasteiger partial charge is 0.334 e. The minimum absolute atomic E-state index is 0.0177. The number of nitrogens with zero attached hydrogens (tertiary/aromatic N) is 1. The highest BCUT2D eigenvalue weighted by Crippen LogP contribution is 2.27. The summed E-state index contributed by atoms with van der Waals surface area (Å²) in [6, 6.07) is 5.00. The van der Waals surface area contributed by atoms with E-state index in [2.05, 4.69) is 0 Å². The van der Waals surface area contributed by atoms with Crippen LogP contribution in [0.4, 0.5) is 0 Å². The van der Waals surface area contributed by atoms with Gasteiger partial charge in [-0.1, -0.05) is 13.8 Å². The molecule has 7 nitrogen and oxygen atoms in total. The Bertz CT molecular complexity index is 601. The van der Waals surface area contributed by atoms with Gasteiger partial charge in [-0.05, 0) is 18.1 Å². The molecule has 0 spiro atoms. The molecule has 1 aliphatic rings. The van der Waals surface area contributed by atoms with Crippen molar-refractivity contribution in [1.29, 1.82) is 0 Å². The second-order valence-corrected chi connectivity index (χ2v) is 6.02. The molecule has 0 aromatic heterocycles. The third-order valence-corrected chi connectivity index (χ3v) is 3.62. The van der Waals surface area contributed by atoms with E-state index in [0.717, 1.165) is 0 Å². The molecule has 1 heterocycles. The van der Waals surface area contributed by atoms with Gasteiger partial charge in [0.05, 0.1) is 32.4 Å². The van der Waals surface area contributed by atoms with Gasteiger partial charge in [0, 0.05) is 12.6 Å². The third-order valence-electron chi connectivity index (χ3n) is 3.62. The predicted octanol–water partition coefficient (Wildman–Crippen LogP) is 1.66. The zero-order chi connectivity index (χ0) is 17.7. The lowest BCUT2D eigenvalue weighted by molar-refractivity contribution is -0.154. The van der Waals surface area contributed by atoms with Crippen molar-refractivity contribution in [2.75, 3.05) is 33.4 Å². The van der Waals surface area contributed by atoms with Crippen molar-refractivity contribution in [3.05, 3.63) is 23.8 Å². The molecule has 132 valence electrons. The van der Waals surface area contributed by atoms with Crippen LogP contribution in [-0.4, -0.2) is 61.4 Å². The van der Waals surface area contributed by atoms with Gasteiger partial charge in [-0.3, -0.25) is 4.79 Å². The van der Waals surface area contributed by atoms with Crippen molar-refractivity contribution < 1.29 is 28.9 Å². The molecule has 2 rings (SSSR count). The lowest BCUT2D eigenvalue weighted by Crippen LogP contribution is -2.48. The molecule has 0 saturated carbocycles. The normalized spacial score (nSPS) is 17.7. The Morgan fingerprint density at radius 3 is 2.79 bits per heavy atom. The van der Waals surface area contributed by atoms with Crippen LogP contribution in [0, 0.1) is 5.92 Å². The molecule has 1 N–H and O–H groups in total. The predicted molar refractivity (Wildman–Crippen MR) is 86.6 cm³/mol. The molecule has 1 unspecified atom stereocenters. The molecule has 24 heavy (non-hydrogen) atoms. The van der Waals surface area contributed by atoms with E-state index < -0.39 is 12.1 Å². The number of amides is 1. The number of hydrogen-bond acceptors (Lipinski definition) is 5. The number of carboxylic acids is 1. The molecule has 0 aliphatic carbocycles. The number of carbonyl (C=O) groups excluding carboxylic acids is 1. The van der Waals surface area contributed by atoms with Gasteiger partial charge < -0.3 is 24.2 Å². The number of carboxylic acid groups (broad SMARTS) is 1. The lowest BCUT2D eigenvalue weighted by atomic mass is 10.1. The molecule has 1 aliphatic heterocycles. The van der Waals surface area contributed by atoms with Gasteiger partial charge in [0.2, 0.25) is 0 Å². The molecule has 0 bridgehead atoms. The van der Waals surface area contributed by atoms with E-state index in [1.54, 1.807) is 25.3 Å². The summed E-state index contributed by atoms with van der Waals surface area (Å²) in [5, 5.41) is 9.07. The van der Waals surface area contributed by atoms with Gasteiger partial charge >= 0.3 is 5.97 Å². The zero-order valence-electron chi connectivity index (χ0n) is 14.2. The third kappa shape index (κ3) is 4.38. The maximum atomic E-state index is 12.8. The Morgan fingerprint density at radius 1 is 1.42 bits per heavy atom. The fourth-order valence-electron chi connectivity index (χ4n) is 2.34. The van der Waals surface area contributed by atoms with Crippen molar-refractivity contribution in [1.82, 2.24) is 4.90 Å². The zero-order valence-corrected chi connectivity index (χ0v) is 14.2. The van der Waals surface area contributed by atoms with E-state index in [-0.39, 0.29) is 19.1 Å². The van der Waals surface area contributed by atoms with Crippen LogP contribution in [0.3, 0.4) is 0 Å². The molecule has 1 amide bonds. The standard InChI is InChI=1S/C17H23NO6/c1-11(2)10-24-14-8-12(22-3)4-5-13(14)16(19)18-6-7-23-15(9-18)17(20)21/h4-5,8,11,15H,6-7,9-10H2,1-3H3,(H,20,21). The molecule has 0 radical (unpaired) electrons. The number of benzene rings is 1. The van der Waals surface area contributed by atoms with E-state index in [1.165, 1.54) is 4.90 Å². The fourth-order valence-corrected chi connectivity index (χ4v) is 2.34. The Kier molecular flexibility index (Phi) is 6.03. The van der Waals surface area contributed by atoms with Gasteiger partial charge in [0.25, 0.3) is 5.91 Å². The molecule has 1 aromatic rings. The first-order valence-corrected chi connectivity index (χ1v) is 7.87. The van der Waals surface area contributed by atoms with Gasteiger partial charge in [-0.25, -0.2) is 4.79 Å². The molecule has 1 fully saturated rings. The van der Waals surface area contributed by atoms with E-state index >= 15 is 0 Å². The quantitative estimate of drug-likeness (QED) is 0.850. The topological polar surface area (TPSA) is 85.3 Å². The van der Waals surface area contributed by atoms with E-state index in [9.17, 15) is 9.59 Å². The van der Waals surface area contributed by atoms with Crippen LogP contribution >= 0.6 is 0 Å². The monoisotopic (exact) mass is 337 g/mol. The highest BCUT2D eigenvalue weighted by atomic mass is 16.5. The summed E-state index contributed by atoms with van der Waals surface area (Å²) in [5.74, 6) is -0.00878. The Morgan fingerprint density at radius 2 is 2.17 bits per heavy atom. The van der Waals surface area contributed by atoms with Crippen LogP contribution in [0.25, 0.3) is 0 Å². The van der Waals surface area contributed by atoms with Crippen LogP contribution in [0.5, 0.6) is 11.5 Å². The number of carbonyl (C=O) groups is 2. The van der Waals surface area contributed by atoms with Crippen LogP contribution < -0.4 is 9.47 Å². The number of morpholine rings is 1. The first kappa shape index (κ1) is 18.1. The Balaban J connectivity index is 2.22. The summed E-state index contributed by atoms with van der Waals surface area (Å²) in [6.45, 7) is 5.06. The SMILES string of the molecule is COc1ccc(C(=O)N2CCOC(C(=O)O)C2)c(OCC(C)C)c1. The summed E-state index contributed by atoms with van der Waals surface area (Å²) in [7, 11) is 1.54. The number of aliphatic carboxylic acids is 1. The average Bonchev–Trinajstić information content (AvgIpc) is 2.59. The van der Waals surface area contributed by atoms with Crippen molar-refractivity contribution >= 4 is 11.9 Å². The van der Waals surface area contributed by atoms with E-state index in [0.29, 0.717) is 36.1 Å². The number of ether oxygens (including phenoxy) is 3. The van der Waals surface area contributed by atoms with E-state index in [4.69, 9.17) is 19.3 Å². The van der Waals surface area contributed by atoms with Gasteiger partial charge in [-0.15, -0.1) is 0 Å². The number of rotatable bonds is 6. The second kappa shape index (κ2) is 8.01. The minimum atomic E-state index is -1.07. The van der Waals surface area contributed by atoms with Crippen LogP contribution in [0.1, 0.15) is 24.2 Å². The number of hydrogen-bond donors (Lipinski definition) is 1. The van der Waals surface area contributed by atoms with Crippen LogP contribution in [-0.2, 0) is 9.53 Å². The first-order valence-electron chi connectivity index (χ1n) is 7.87. The Hall–Kier alpha value is -2.28. The van der Waals surface area contributed by atoms with Crippen LogP contribution in [0.2, 0.25) is 0 Å². The van der Waals surface area contributed by atoms with Crippen molar-refractivity contribution in [3.63, 3.8) is 0 Å². The molecule has 7 heteroatoms. The van der Waals surface area contributed by atoms with Gasteiger partial charge in [0.1, 0.15) is 11.5 Å². The van der Waals surface area contributed by atoms with Gasteiger partial charge in [0.15, 0.2) is 6.10 Å². The maximum absolute atomic E-state index is 12.8. The Labute approximate surface area is 141 Å². The van der Waals surface area contributed by atoms with E-state index in [1.807, 2.05) is 13.8 Å². The molecular weight excluding hydrogens is 314 g/mol.